The van der Waals surface area contributed by atoms with Crippen LogP contribution in [0.15, 0.2) is 42.5 Å². The normalized spacial score (nSPS) is 10.3. The third kappa shape index (κ3) is 5.22. The molecule has 0 amide bonds. The van der Waals surface area contributed by atoms with Crippen molar-refractivity contribution in [2.45, 2.75) is 13.5 Å². The van der Waals surface area contributed by atoms with Gasteiger partial charge in [0.05, 0.1) is 13.7 Å². The molecule has 2 rings (SSSR count). The molecule has 2 aromatic rings. The molecule has 0 aromatic heterocycles. The van der Waals surface area contributed by atoms with Gasteiger partial charge in [-0.15, -0.1) is 0 Å². The number of hydrogen-bond acceptors (Lipinski definition) is 4. The largest absolute Gasteiger partial charge is 0.493 e. The summed E-state index contributed by atoms with van der Waals surface area (Å²) in [6.45, 7) is 3.83. The van der Waals surface area contributed by atoms with Gasteiger partial charge in [-0.25, -0.2) is 0 Å². The van der Waals surface area contributed by atoms with Crippen LogP contribution in [0, 0.1) is 6.92 Å². The van der Waals surface area contributed by atoms with E-state index in [1.165, 1.54) is 5.56 Å². The zero-order chi connectivity index (χ0) is 17.4. The standard InChI is InChI=1S/C19H23NO3S/c1-14-4-6-15(7-5-14)13-23-17-9-8-16(12-18(17)22-3)19(24)20-10-11-21-2/h4-9,12H,10-11,13H2,1-3H3,(H,20,24). The lowest BCUT2D eigenvalue weighted by atomic mass is 10.1. The number of benzene rings is 2. The quantitative estimate of drug-likeness (QED) is 0.586. The second kappa shape index (κ2) is 9.25. The molecular formula is C19H23NO3S. The van der Waals surface area contributed by atoms with E-state index in [4.69, 9.17) is 26.4 Å². The van der Waals surface area contributed by atoms with Crippen LogP contribution in [0.5, 0.6) is 11.5 Å². The number of hydrogen-bond donors (Lipinski definition) is 1. The summed E-state index contributed by atoms with van der Waals surface area (Å²) < 4.78 is 16.3. The number of nitrogens with one attached hydrogen (secondary N) is 1. The maximum Gasteiger partial charge on any atom is 0.161 e. The first-order valence-electron chi connectivity index (χ1n) is 7.77. The van der Waals surface area contributed by atoms with E-state index in [0.717, 1.165) is 11.1 Å². The fourth-order valence-corrected chi connectivity index (χ4v) is 2.37. The molecule has 0 aliphatic carbocycles. The van der Waals surface area contributed by atoms with Crippen molar-refractivity contribution in [2.24, 2.45) is 0 Å². The molecule has 0 fully saturated rings. The first kappa shape index (κ1) is 18.2. The van der Waals surface area contributed by atoms with Crippen LogP contribution >= 0.6 is 12.2 Å². The van der Waals surface area contributed by atoms with Gasteiger partial charge in [-0.1, -0.05) is 42.0 Å². The first-order chi connectivity index (χ1) is 11.6. The van der Waals surface area contributed by atoms with Gasteiger partial charge in [-0.05, 0) is 30.7 Å². The third-order valence-electron chi connectivity index (χ3n) is 3.53. The molecule has 128 valence electrons. The number of methoxy groups -OCH3 is 2. The maximum atomic E-state index is 5.88. The summed E-state index contributed by atoms with van der Waals surface area (Å²) in [6.07, 6.45) is 0. The molecule has 0 aliphatic heterocycles. The first-order valence-corrected chi connectivity index (χ1v) is 8.18. The van der Waals surface area contributed by atoms with E-state index in [-0.39, 0.29) is 0 Å². The Morgan fingerprint density at radius 3 is 2.46 bits per heavy atom. The molecule has 4 nitrogen and oxygen atoms in total. The van der Waals surface area contributed by atoms with Gasteiger partial charge >= 0.3 is 0 Å². The third-order valence-corrected chi connectivity index (χ3v) is 3.91. The molecule has 0 saturated heterocycles. The lowest BCUT2D eigenvalue weighted by Gasteiger charge is -2.13. The van der Waals surface area contributed by atoms with Crippen molar-refractivity contribution in [1.82, 2.24) is 5.32 Å². The summed E-state index contributed by atoms with van der Waals surface area (Å²) in [5, 5.41) is 3.14. The van der Waals surface area contributed by atoms with Crippen LogP contribution in [0.1, 0.15) is 16.7 Å². The summed E-state index contributed by atoms with van der Waals surface area (Å²) in [5.41, 5.74) is 3.24. The fraction of sp³-hybridized carbons (Fsp3) is 0.316. The number of ether oxygens (including phenoxy) is 3. The smallest absolute Gasteiger partial charge is 0.161 e. The molecule has 0 saturated carbocycles. The molecular weight excluding hydrogens is 322 g/mol. The molecule has 0 aliphatic rings. The zero-order valence-electron chi connectivity index (χ0n) is 14.3. The molecule has 0 radical (unpaired) electrons. The van der Waals surface area contributed by atoms with Gasteiger partial charge in [0, 0.05) is 19.2 Å². The predicted molar refractivity (Wildman–Crippen MR) is 100 cm³/mol. The van der Waals surface area contributed by atoms with Crippen LogP contribution in [0.4, 0.5) is 0 Å². The van der Waals surface area contributed by atoms with Gasteiger partial charge in [0.25, 0.3) is 0 Å². The van der Waals surface area contributed by atoms with Gasteiger partial charge < -0.3 is 19.5 Å². The molecule has 0 bridgehead atoms. The van der Waals surface area contributed by atoms with Crippen molar-refractivity contribution in [3.05, 3.63) is 59.2 Å². The highest BCUT2D eigenvalue weighted by molar-refractivity contribution is 7.80. The maximum absolute atomic E-state index is 5.88. The van der Waals surface area contributed by atoms with Crippen molar-refractivity contribution in [3.8, 4) is 11.5 Å². The van der Waals surface area contributed by atoms with Crippen LogP contribution in [0.3, 0.4) is 0 Å². The van der Waals surface area contributed by atoms with E-state index in [1.54, 1.807) is 14.2 Å². The topological polar surface area (TPSA) is 39.7 Å². The highest BCUT2D eigenvalue weighted by atomic mass is 32.1. The highest BCUT2D eigenvalue weighted by Gasteiger charge is 2.09. The Labute approximate surface area is 148 Å². The van der Waals surface area contributed by atoms with Crippen LogP contribution in [-0.2, 0) is 11.3 Å². The van der Waals surface area contributed by atoms with Crippen molar-refractivity contribution >= 4 is 17.2 Å². The Morgan fingerprint density at radius 1 is 1.04 bits per heavy atom. The Balaban J connectivity index is 2.02. The van der Waals surface area contributed by atoms with E-state index in [1.807, 2.05) is 18.2 Å². The average Bonchev–Trinajstić information content (AvgIpc) is 2.61. The van der Waals surface area contributed by atoms with Crippen molar-refractivity contribution in [2.75, 3.05) is 27.4 Å². The molecule has 1 N–H and O–H groups in total. The van der Waals surface area contributed by atoms with Crippen molar-refractivity contribution in [1.29, 1.82) is 0 Å². The predicted octanol–water partition coefficient (Wildman–Crippen LogP) is 3.49. The van der Waals surface area contributed by atoms with Crippen molar-refractivity contribution in [3.63, 3.8) is 0 Å². The minimum Gasteiger partial charge on any atom is -0.493 e. The SMILES string of the molecule is COCCNC(=S)c1ccc(OCc2ccc(C)cc2)c(OC)c1. The number of thiocarbonyl (C=S) groups is 1. The number of aryl methyl sites for hydroxylation is 1. The molecule has 5 heteroatoms. The lowest BCUT2D eigenvalue weighted by molar-refractivity contribution is 0.204. The Kier molecular flexibility index (Phi) is 7.03. The second-order valence-electron chi connectivity index (χ2n) is 5.39. The van der Waals surface area contributed by atoms with Gasteiger partial charge in [-0.2, -0.15) is 0 Å². The summed E-state index contributed by atoms with van der Waals surface area (Å²) in [5.74, 6) is 1.36. The zero-order valence-corrected chi connectivity index (χ0v) is 15.1. The lowest BCUT2D eigenvalue weighted by Crippen LogP contribution is -2.26. The van der Waals surface area contributed by atoms with Gasteiger partial charge in [-0.3, -0.25) is 0 Å². The molecule has 24 heavy (non-hydrogen) atoms. The fourth-order valence-electron chi connectivity index (χ4n) is 2.14. The summed E-state index contributed by atoms with van der Waals surface area (Å²) >= 11 is 5.38. The van der Waals surface area contributed by atoms with E-state index in [2.05, 4.69) is 36.5 Å². The van der Waals surface area contributed by atoms with E-state index >= 15 is 0 Å². The monoisotopic (exact) mass is 345 g/mol. The van der Waals surface area contributed by atoms with Gasteiger partial charge in [0.2, 0.25) is 0 Å². The minimum absolute atomic E-state index is 0.493. The summed E-state index contributed by atoms with van der Waals surface area (Å²) in [4.78, 5) is 0.662. The summed E-state index contributed by atoms with van der Waals surface area (Å²) in [7, 11) is 3.28. The van der Waals surface area contributed by atoms with Crippen LogP contribution in [-0.4, -0.2) is 32.4 Å². The molecule has 0 unspecified atom stereocenters. The van der Waals surface area contributed by atoms with Crippen LogP contribution in [0.25, 0.3) is 0 Å². The Morgan fingerprint density at radius 2 is 1.79 bits per heavy atom. The average molecular weight is 345 g/mol. The van der Waals surface area contributed by atoms with E-state index in [0.29, 0.717) is 36.2 Å². The van der Waals surface area contributed by atoms with Crippen LogP contribution in [0.2, 0.25) is 0 Å². The Bertz CT molecular complexity index is 671. The molecule has 0 atom stereocenters. The second-order valence-corrected chi connectivity index (χ2v) is 5.80. The van der Waals surface area contributed by atoms with E-state index < -0.39 is 0 Å². The molecule has 0 heterocycles. The van der Waals surface area contributed by atoms with Crippen LogP contribution < -0.4 is 14.8 Å². The van der Waals surface area contributed by atoms with Gasteiger partial charge in [0.15, 0.2) is 11.5 Å². The van der Waals surface area contributed by atoms with Crippen molar-refractivity contribution < 1.29 is 14.2 Å². The van der Waals surface area contributed by atoms with Gasteiger partial charge in [0.1, 0.15) is 11.6 Å². The molecule has 2 aromatic carbocycles. The Hall–Kier alpha value is -2.11. The minimum atomic E-state index is 0.493. The van der Waals surface area contributed by atoms with E-state index in [9.17, 15) is 0 Å². The molecule has 0 spiro atoms. The number of rotatable bonds is 8. The summed E-state index contributed by atoms with van der Waals surface area (Å²) in [6, 6.07) is 14.0. The highest BCUT2D eigenvalue weighted by Crippen LogP contribution is 2.29.